The van der Waals surface area contributed by atoms with Crippen molar-refractivity contribution in [1.29, 1.82) is 5.26 Å². The van der Waals surface area contributed by atoms with Crippen molar-refractivity contribution < 1.29 is 21.6 Å². The summed E-state index contributed by atoms with van der Waals surface area (Å²) in [5.74, 6) is -0.261. The number of nitrogens with one attached hydrogen (secondary N) is 1. The van der Waals surface area contributed by atoms with Gasteiger partial charge in [-0.3, -0.25) is 4.79 Å². The van der Waals surface area contributed by atoms with Crippen molar-refractivity contribution in [2.45, 2.75) is 43.5 Å². The highest BCUT2D eigenvalue weighted by atomic mass is 32.2. The van der Waals surface area contributed by atoms with Crippen LogP contribution < -0.4 is 5.32 Å². The lowest BCUT2D eigenvalue weighted by molar-refractivity contribution is -0.116. The largest absolute Gasteiger partial charge is 0.310 e. The molecule has 1 fully saturated rings. The van der Waals surface area contributed by atoms with Crippen molar-refractivity contribution in [3.05, 3.63) is 41.6 Å². The number of hydrogen-bond donors (Lipinski definition) is 1. The van der Waals surface area contributed by atoms with Crippen molar-refractivity contribution >= 4 is 31.6 Å². The number of likely N-dealkylation sites (N-methyl/N-ethyl adjacent to an activating group) is 1. The third kappa shape index (κ3) is 5.61. The van der Waals surface area contributed by atoms with E-state index in [1.165, 1.54) is 36.0 Å². The Kier molecular flexibility index (Phi) is 6.70. The molecular weight excluding hydrogens is 466 g/mol. The predicted octanol–water partition coefficient (Wildman–Crippen LogP) is 1.67. The summed E-state index contributed by atoms with van der Waals surface area (Å²) in [6.07, 6.45) is 0.392. The van der Waals surface area contributed by atoms with Gasteiger partial charge < -0.3 is 5.32 Å². The Morgan fingerprint density at radius 2 is 1.94 bits per heavy atom. The Labute approximate surface area is 194 Å². The fraction of sp³-hybridized carbons (Fsp3) is 0.476. The molecule has 0 bridgehead atoms. The Bertz CT molecular complexity index is 1300. The second-order valence-electron chi connectivity index (χ2n) is 9.11. The lowest BCUT2D eigenvalue weighted by atomic mass is 9.92. The van der Waals surface area contributed by atoms with Crippen LogP contribution in [-0.2, 0) is 30.1 Å². The van der Waals surface area contributed by atoms with Gasteiger partial charge >= 0.3 is 0 Å². The van der Waals surface area contributed by atoms with Crippen LogP contribution in [0.5, 0.6) is 0 Å². The van der Waals surface area contributed by atoms with Gasteiger partial charge in [0, 0.05) is 18.5 Å². The minimum atomic E-state index is -3.95. The summed E-state index contributed by atoms with van der Waals surface area (Å²) >= 11 is 0. The van der Waals surface area contributed by atoms with Crippen LogP contribution in [0.2, 0.25) is 0 Å². The minimum Gasteiger partial charge on any atom is -0.310 e. The van der Waals surface area contributed by atoms with E-state index in [0.717, 1.165) is 4.31 Å². The zero-order chi connectivity index (χ0) is 24.6. The van der Waals surface area contributed by atoms with E-state index in [0.29, 0.717) is 23.5 Å². The summed E-state index contributed by atoms with van der Waals surface area (Å²) in [7, 11) is -5.83. The maximum Gasteiger partial charge on any atom is 0.243 e. The molecule has 33 heavy (non-hydrogen) atoms. The maximum atomic E-state index is 12.8. The van der Waals surface area contributed by atoms with Crippen LogP contribution in [0.1, 0.15) is 44.5 Å². The van der Waals surface area contributed by atoms with Gasteiger partial charge in [0.05, 0.1) is 46.3 Å². The molecule has 12 heteroatoms. The first-order valence-electron chi connectivity index (χ1n) is 10.3. The number of nitrogens with zero attached hydrogens (tertiary/aromatic N) is 4. The first-order chi connectivity index (χ1) is 15.2. The SMILES string of the molecule is CN(CC(=O)Nc1cc(C(C)(C)C)nn1[C@H]1CCS(=O)(=O)C1)S(=O)(=O)c1ccc(C#N)cc1. The van der Waals surface area contributed by atoms with E-state index in [1.807, 2.05) is 26.8 Å². The normalized spacial score (nSPS) is 18.2. The van der Waals surface area contributed by atoms with Gasteiger partial charge in [-0.1, -0.05) is 20.8 Å². The Morgan fingerprint density at radius 3 is 2.45 bits per heavy atom. The van der Waals surface area contributed by atoms with Crippen molar-refractivity contribution in [1.82, 2.24) is 14.1 Å². The van der Waals surface area contributed by atoms with E-state index in [2.05, 4.69) is 10.4 Å². The molecule has 1 amide bonds. The molecule has 2 aromatic rings. The zero-order valence-electron chi connectivity index (χ0n) is 18.9. The maximum absolute atomic E-state index is 12.8. The first kappa shape index (κ1) is 24.9. The summed E-state index contributed by atoms with van der Waals surface area (Å²) in [5, 5.41) is 16.1. The smallest absolute Gasteiger partial charge is 0.243 e. The molecule has 1 atom stereocenters. The highest BCUT2D eigenvalue weighted by Crippen LogP contribution is 2.31. The molecule has 1 N–H and O–H groups in total. The molecule has 1 aromatic carbocycles. The summed E-state index contributed by atoms with van der Waals surface area (Å²) in [6, 6.07) is 8.62. The fourth-order valence-corrected chi connectivity index (χ4v) is 6.27. The van der Waals surface area contributed by atoms with Crippen molar-refractivity contribution in [2.75, 3.05) is 30.4 Å². The lowest BCUT2D eigenvalue weighted by Gasteiger charge is -2.18. The number of amides is 1. The average Bonchev–Trinajstić information content (AvgIpc) is 3.30. The minimum absolute atomic E-state index is 0.0342. The number of hydrogen-bond acceptors (Lipinski definition) is 7. The van der Waals surface area contributed by atoms with Gasteiger partial charge in [0.1, 0.15) is 5.82 Å². The van der Waals surface area contributed by atoms with Gasteiger partial charge in [-0.25, -0.2) is 21.5 Å². The predicted molar refractivity (Wildman–Crippen MR) is 123 cm³/mol. The van der Waals surface area contributed by atoms with Crippen molar-refractivity contribution in [3.8, 4) is 6.07 Å². The quantitative estimate of drug-likeness (QED) is 0.645. The molecule has 0 unspecified atom stereocenters. The number of carbonyl (C=O) groups excluding carboxylic acids is 1. The molecule has 1 aliphatic heterocycles. The second kappa shape index (κ2) is 8.89. The van der Waals surface area contributed by atoms with Crippen molar-refractivity contribution in [2.24, 2.45) is 0 Å². The van der Waals surface area contributed by atoms with E-state index >= 15 is 0 Å². The topological polar surface area (TPSA) is 142 Å². The molecular formula is C21H27N5O5S2. The first-order valence-corrected chi connectivity index (χ1v) is 13.6. The van der Waals surface area contributed by atoms with Gasteiger partial charge in [-0.2, -0.15) is 14.7 Å². The van der Waals surface area contributed by atoms with Crippen LogP contribution in [0.15, 0.2) is 35.2 Å². The molecule has 0 radical (unpaired) electrons. The number of sulfone groups is 1. The number of benzene rings is 1. The zero-order valence-corrected chi connectivity index (χ0v) is 20.6. The van der Waals surface area contributed by atoms with Gasteiger partial charge in [0.15, 0.2) is 9.84 Å². The van der Waals surface area contributed by atoms with E-state index in [1.54, 1.807) is 6.07 Å². The highest BCUT2D eigenvalue weighted by molar-refractivity contribution is 7.91. The van der Waals surface area contributed by atoms with Crippen LogP contribution in [0.25, 0.3) is 0 Å². The van der Waals surface area contributed by atoms with Gasteiger partial charge in [-0.05, 0) is 30.7 Å². The molecule has 3 rings (SSSR count). The van der Waals surface area contributed by atoms with Crippen LogP contribution in [0.4, 0.5) is 5.82 Å². The molecule has 1 saturated heterocycles. The van der Waals surface area contributed by atoms with Crippen LogP contribution >= 0.6 is 0 Å². The molecule has 1 aromatic heterocycles. The van der Waals surface area contributed by atoms with Crippen molar-refractivity contribution in [3.63, 3.8) is 0 Å². The number of rotatable bonds is 6. The van der Waals surface area contributed by atoms with Crippen LogP contribution in [-0.4, -0.2) is 61.9 Å². The summed E-state index contributed by atoms with van der Waals surface area (Å²) in [5.41, 5.74) is 0.671. The van der Waals surface area contributed by atoms with E-state index in [9.17, 15) is 21.6 Å². The van der Waals surface area contributed by atoms with E-state index < -0.39 is 38.4 Å². The molecule has 0 aliphatic carbocycles. The Balaban J connectivity index is 1.80. The highest BCUT2D eigenvalue weighted by Gasteiger charge is 2.33. The van der Waals surface area contributed by atoms with Gasteiger partial charge in [0.2, 0.25) is 15.9 Å². The number of nitriles is 1. The molecule has 0 spiro atoms. The molecule has 0 saturated carbocycles. The summed E-state index contributed by atoms with van der Waals surface area (Å²) < 4.78 is 51.9. The fourth-order valence-electron chi connectivity index (χ4n) is 3.45. The number of carbonyl (C=O) groups is 1. The van der Waals surface area contributed by atoms with Gasteiger partial charge in [-0.15, -0.1) is 0 Å². The van der Waals surface area contributed by atoms with Crippen LogP contribution in [0.3, 0.4) is 0 Å². The third-order valence-electron chi connectivity index (χ3n) is 5.38. The van der Waals surface area contributed by atoms with Gasteiger partial charge in [0.25, 0.3) is 0 Å². The molecule has 1 aliphatic rings. The third-order valence-corrected chi connectivity index (χ3v) is 8.95. The summed E-state index contributed by atoms with van der Waals surface area (Å²) in [4.78, 5) is 12.7. The van der Waals surface area contributed by atoms with E-state index in [-0.39, 0.29) is 21.8 Å². The Hall–Kier alpha value is -2.75. The van der Waals surface area contributed by atoms with E-state index in [4.69, 9.17) is 5.26 Å². The lowest BCUT2D eigenvalue weighted by Crippen LogP contribution is -2.35. The molecule has 2 heterocycles. The average molecular weight is 494 g/mol. The molecule has 10 nitrogen and oxygen atoms in total. The Morgan fingerprint density at radius 1 is 1.30 bits per heavy atom. The molecule has 178 valence electrons. The number of sulfonamides is 1. The second-order valence-corrected chi connectivity index (χ2v) is 13.4. The summed E-state index contributed by atoms with van der Waals surface area (Å²) in [6.45, 7) is 5.40. The number of anilines is 1. The monoisotopic (exact) mass is 493 g/mol. The number of aromatic nitrogens is 2. The van der Waals surface area contributed by atoms with Crippen LogP contribution in [0, 0.1) is 11.3 Å². The standard InChI is InChI=1S/C21H27N5O5S2/c1-21(2,3)18-11-19(26(24-18)16-9-10-32(28,29)14-16)23-20(27)13-25(4)33(30,31)17-7-5-15(12-22)6-8-17/h5-8,11,16H,9-10,13-14H2,1-4H3,(H,23,27)/t16-/m0/s1.